The second-order valence-electron chi connectivity index (χ2n) is 4.91. The number of para-hydroxylation sites is 1. The number of aryl methyl sites for hydroxylation is 2. The number of halogens is 1. The number of rotatable bonds is 3. The van der Waals surface area contributed by atoms with Crippen LogP contribution in [0.5, 0.6) is 5.75 Å². The van der Waals surface area contributed by atoms with Gasteiger partial charge in [-0.1, -0.05) is 12.1 Å². The highest BCUT2D eigenvalue weighted by Gasteiger charge is 2.09. The maximum absolute atomic E-state index is 13.3. The third kappa shape index (κ3) is 2.40. The van der Waals surface area contributed by atoms with E-state index in [0.717, 1.165) is 22.4 Å². The van der Waals surface area contributed by atoms with Gasteiger partial charge in [0.05, 0.1) is 17.6 Å². The number of benzene rings is 1. The monoisotopic (exact) mass is 286 g/mol. The number of fused-ring (bicyclic) bond motifs is 1. The third-order valence-corrected chi connectivity index (χ3v) is 3.42. The van der Waals surface area contributed by atoms with E-state index < -0.39 is 5.82 Å². The predicted octanol–water partition coefficient (Wildman–Crippen LogP) is 2.73. The van der Waals surface area contributed by atoms with Gasteiger partial charge >= 0.3 is 0 Å². The van der Waals surface area contributed by atoms with Crippen LogP contribution in [0.1, 0.15) is 11.3 Å². The first-order valence-electron chi connectivity index (χ1n) is 6.56. The molecule has 3 rings (SSSR count). The number of aromatic hydroxyl groups is 1. The smallest absolute Gasteiger partial charge is 0.165 e. The van der Waals surface area contributed by atoms with E-state index in [1.807, 2.05) is 20.0 Å². The number of hydrogen-bond acceptors (Lipinski definition) is 4. The molecule has 1 aromatic carbocycles. The number of hydrogen-bond donors (Lipinski definition) is 2. The van der Waals surface area contributed by atoms with E-state index in [1.165, 1.54) is 6.07 Å². The van der Waals surface area contributed by atoms with Crippen LogP contribution in [0.25, 0.3) is 11.0 Å². The molecule has 0 atom stereocenters. The average molecular weight is 286 g/mol. The topological polar surface area (TPSA) is 63.0 Å². The minimum absolute atomic E-state index is 0.316. The van der Waals surface area contributed by atoms with Crippen LogP contribution >= 0.6 is 0 Å². The summed E-state index contributed by atoms with van der Waals surface area (Å²) in [5, 5.41) is 18.1. The Morgan fingerprint density at radius 2 is 2.19 bits per heavy atom. The van der Waals surface area contributed by atoms with Crippen LogP contribution in [0.4, 0.5) is 10.1 Å². The summed E-state index contributed by atoms with van der Waals surface area (Å²) in [7, 11) is 1.85. The first kappa shape index (κ1) is 13.4. The highest BCUT2D eigenvalue weighted by molar-refractivity contribution is 5.81. The average Bonchev–Trinajstić information content (AvgIpc) is 2.75. The Morgan fingerprint density at radius 3 is 3.00 bits per heavy atom. The standard InChI is InChI=1S/C15H15FN4O/c1-9-12-6-11(8-18-15(12)20(2)19-9)17-7-10-4-3-5-13(16)14(10)21/h3-6,8,17,21H,7H2,1-2H3. The Labute approximate surface area is 121 Å². The number of aromatic nitrogens is 3. The second kappa shape index (κ2) is 5.05. The minimum Gasteiger partial charge on any atom is -0.505 e. The summed E-state index contributed by atoms with van der Waals surface area (Å²) in [5.41, 5.74) is 3.00. The lowest BCUT2D eigenvalue weighted by Crippen LogP contribution is -2.01. The number of phenolic OH excluding ortho intramolecular Hbond substituents is 1. The molecule has 0 aliphatic carbocycles. The molecule has 3 aromatic rings. The summed E-state index contributed by atoms with van der Waals surface area (Å²) >= 11 is 0. The van der Waals surface area contributed by atoms with Crippen molar-refractivity contribution in [1.29, 1.82) is 0 Å². The summed E-state index contributed by atoms with van der Waals surface area (Å²) in [6.45, 7) is 2.24. The van der Waals surface area contributed by atoms with E-state index in [0.29, 0.717) is 12.1 Å². The summed E-state index contributed by atoms with van der Waals surface area (Å²) in [4.78, 5) is 4.36. The van der Waals surface area contributed by atoms with Crippen molar-refractivity contribution in [3.63, 3.8) is 0 Å². The molecule has 0 saturated carbocycles. The van der Waals surface area contributed by atoms with Crippen molar-refractivity contribution < 1.29 is 9.50 Å². The highest BCUT2D eigenvalue weighted by atomic mass is 19.1. The molecular formula is C15H15FN4O. The van der Waals surface area contributed by atoms with Gasteiger partial charge in [-0.25, -0.2) is 9.37 Å². The summed E-state index contributed by atoms with van der Waals surface area (Å²) in [6, 6.07) is 6.41. The lowest BCUT2D eigenvalue weighted by Gasteiger charge is -2.08. The van der Waals surface area contributed by atoms with Crippen LogP contribution in [0.15, 0.2) is 30.5 Å². The Bertz CT molecular complexity index is 813. The number of phenols is 1. The van der Waals surface area contributed by atoms with Crippen molar-refractivity contribution in [1.82, 2.24) is 14.8 Å². The molecule has 0 bridgehead atoms. The zero-order valence-electron chi connectivity index (χ0n) is 11.8. The minimum atomic E-state index is -0.619. The molecule has 0 amide bonds. The second-order valence-corrected chi connectivity index (χ2v) is 4.91. The molecule has 5 nitrogen and oxygen atoms in total. The number of pyridine rings is 1. The van der Waals surface area contributed by atoms with Crippen LogP contribution in [0.3, 0.4) is 0 Å². The van der Waals surface area contributed by atoms with Crippen LogP contribution in [0.2, 0.25) is 0 Å². The first-order chi connectivity index (χ1) is 10.1. The van der Waals surface area contributed by atoms with Crippen molar-refractivity contribution in [3.8, 4) is 5.75 Å². The van der Waals surface area contributed by atoms with E-state index in [9.17, 15) is 9.50 Å². The lowest BCUT2D eigenvalue weighted by molar-refractivity contribution is 0.427. The van der Waals surface area contributed by atoms with Gasteiger partial charge in [-0.15, -0.1) is 0 Å². The maximum Gasteiger partial charge on any atom is 0.165 e. The number of nitrogens with one attached hydrogen (secondary N) is 1. The molecule has 0 spiro atoms. The van der Waals surface area contributed by atoms with Gasteiger partial charge in [0, 0.05) is 24.5 Å². The fourth-order valence-corrected chi connectivity index (χ4v) is 2.30. The number of nitrogens with zero attached hydrogens (tertiary/aromatic N) is 3. The van der Waals surface area contributed by atoms with Crippen LogP contribution in [-0.4, -0.2) is 19.9 Å². The van der Waals surface area contributed by atoms with E-state index in [1.54, 1.807) is 23.0 Å². The van der Waals surface area contributed by atoms with Crippen molar-refractivity contribution in [2.75, 3.05) is 5.32 Å². The summed E-state index contributed by atoms with van der Waals surface area (Å²) in [5.74, 6) is -0.942. The molecule has 108 valence electrons. The molecule has 0 radical (unpaired) electrons. The van der Waals surface area contributed by atoms with Gasteiger partial charge in [0.15, 0.2) is 17.2 Å². The molecule has 0 aliphatic heterocycles. The van der Waals surface area contributed by atoms with Gasteiger partial charge in [-0.2, -0.15) is 5.10 Å². The molecule has 2 N–H and O–H groups in total. The van der Waals surface area contributed by atoms with E-state index in [4.69, 9.17) is 0 Å². The van der Waals surface area contributed by atoms with Gasteiger partial charge < -0.3 is 10.4 Å². The van der Waals surface area contributed by atoms with Crippen molar-refractivity contribution in [2.24, 2.45) is 7.05 Å². The molecule has 0 aliphatic rings. The van der Waals surface area contributed by atoms with E-state index in [2.05, 4.69) is 15.4 Å². The fraction of sp³-hybridized carbons (Fsp3) is 0.200. The molecule has 2 heterocycles. The zero-order valence-corrected chi connectivity index (χ0v) is 11.8. The first-order valence-corrected chi connectivity index (χ1v) is 6.56. The van der Waals surface area contributed by atoms with Crippen molar-refractivity contribution >= 4 is 16.7 Å². The SMILES string of the molecule is Cc1nn(C)c2ncc(NCc3cccc(F)c3O)cc12. The third-order valence-electron chi connectivity index (χ3n) is 3.42. The van der Waals surface area contributed by atoms with E-state index in [-0.39, 0.29) is 5.75 Å². The zero-order chi connectivity index (χ0) is 15.0. The Hall–Kier alpha value is -2.63. The Kier molecular flexibility index (Phi) is 3.21. The van der Waals surface area contributed by atoms with E-state index >= 15 is 0 Å². The van der Waals surface area contributed by atoms with Gasteiger partial charge in [0.2, 0.25) is 0 Å². The fourth-order valence-electron chi connectivity index (χ4n) is 2.30. The summed E-state index contributed by atoms with van der Waals surface area (Å²) in [6.07, 6.45) is 1.69. The van der Waals surface area contributed by atoms with Gasteiger partial charge in [-0.05, 0) is 19.1 Å². The Balaban J connectivity index is 1.85. The molecule has 0 fully saturated rings. The van der Waals surface area contributed by atoms with Gasteiger partial charge in [-0.3, -0.25) is 4.68 Å². The lowest BCUT2D eigenvalue weighted by atomic mass is 10.2. The molecule has 21 heavy (non-hydrogen) atoms. The largest absolute Gasteiger partial charge is 0.505 e. The predicted molar refractivity (Wildman–Crippen MR) is 78.6 cm³/mol. The summed E-state index contributed by atoms with van der Waals surface area (Å²) < 4.78 is 15.0. The molecule has 6 heteroatoms. The molecule has 0 saturated heterocycles. The van der Waals surface area contributed by atoms with Crippen LogP contribution in [-0.2, 0) is 13.6 Å². The van der Waals surface area contributed by atoms with Gasteiger partial charge in [0.1, 0.15) is 0 Å². The molecule has 2 aromatic heterocycles. The number of anilines is 1. The molecule has 0 unspecified atom stereocenters. The van der Waals surface area contributed by atoms with Crippen molar-refractivity contribution in [2.45, 2.75) is 13.5 Å². The molecular weight excluding hydrogens is 271 g/mol. The normalized spacial score (nSPS) is 11.0. The van der Waals surface area contributed by atoms with Crippen LogP contribution < -0.4 is 5.32 Å². The van der Waals surface area contributed by atoms with Crippen molar-refractivity contribution in [3.05, 3.63) is 47.5 Å². The Morgan fingerprint density at radius 1 is 1.38 bits per heavy atom. The van der Waals surface area contributed by atoms with Gasteiger partial charge in [0.25, 0.3) is 0 Å². The quantitative estimate of drug-likeness (QED) is 0.777. The van der Waals surface area contributed by atoms with Crippen LogP contribution in [0, 0.1) is 12.7 Å². The highest BCUT2D eigenvalue weighted by Crippen LogP contribution is 2.23. The maximum atomic E-state index is 13.3.